The molecule has 0 saturated heterocycles. The molecule has 100 valence electrons. The minimum absolute atomic E-state index is 0.117. The SMILES string of the molecule is COC(=O)CCCCc1nc2ccccc2c(=O)[nH]1. The number of hydrogen-bond donors (Lipinski definition) is 1. The van der Waals surface area contributed by atoms with E-state index in [4.69, 9.17) is 0 Å². The van der Waals surface area contributed by atoms with Crippen molar-refractivity contribution in [2.45, 2.75) is 25.7 Å². The van der Waals surface area contributed by atoms with Crippen LogP contribution in [0.15, 0.2) is 29.1 Å². The van der Waals surface area contributed by atoms with Gasteiger partial charge in [-0.3, -0.25) is 9.59 Å². The number of aryl methyl sites for hydroxylation is 1. The topological polar surface area (TPSA) is 72.0 Å². The fraction of sp³-hybridized carbons (Fsp3) is 0.357. The Bertz CT molecular complexity index is 634. The summed E-state index contributed by atoms with van der Waals surface area (Å²) < 4.78 is 4.57. The second kappa shape index (κ2) is 6.13. The van der Waals surface area contributed by atoms with Gasteiger partial charge in [-0.25, -0.2) is 4.98 Å². The maximum Gasteiger partial charge on any atom is 0.305 e. The number of hydrogen-bond acceptors (Lipinski definition) is 4. The predicted molar refractivity (Wildman–Crippen MR) is 71.9 cm³/mol. The number of benzene rings is 1. The van der Waals surface area contributed by atoms with Gasteiger partial charge in [0, 0.05) is 12.8 Å². The zero-order valence-corrected chi connectivity index (χ0v) is 10.8. The number of aromatic nitrogens is 2. The molecule has 0 aliphatic carbocycles. The van der Waals surface area contributed by atoms with Crippen molar-refractivity contribution < 1.29 is 9.53 Å². The highest BCUT2D eigenvalue weighted by Gasteiger charge is 2.04. The molecule has 0 amide bonds. The molecular formula is C14H16N2O3. The summed E-state index contributed by atoms with van der Waals surface area (Å²) in [4.78, 5) is 29.9. The average molecular weight is 260 g/mol. The number of methoxy groups -OCH3 is 1. The Kier molecular flexibility index (Phi) is 4.28. The van der Waals surface area contributed by atoms with E-state index in [0.29, 0.717) is 29.6 Å². The second-order valence-electron chi connectivity index (χ2n) is 4.31. The summed E-state index contributed by atoms with van der Waals surface area (Å²) in [5.74, 6) is 0.452. The van der Waals surface area contributed by atoms with Crippen LogP contribution in [0.2, 0.25) is 0 Å². The van der Waals surface area contributed by atoms with E-state index in [1.807, 2.05) is 18.2 Å². The number of nitrogens with one attached hydrogen (secondary N) is 1. The zero-order chi connectivity index (χ0) is 13.7. The Balaban J connectivity index is 2.02. The zero-order valence-electron chi connectivity index (χ0n) is 10.8. The van der Waals surface area contributed by atoms with Crippen LogP contribution in [0, 0.1) is 0 Å². The van der Waals surface area contributed by atoms with Gasteiger partial charge in [0.25, 0.3) is 5.56 Å². The third-order valence-electron chi connectivity index (χ3n) is 2.93. The van der Waals surface area contributed by atoms with E-state index in [2.05, 4.69) is 14.7 Å². The van der Waals surface area contributed by atoms with Gasteiger partial charge >= 0.3 is 5.97 Å². The van der Waals surface area contributed by atoms with Crippen LogP contribution in [-0.4, -0.2) is 23.0 Å². The monoisotopic (exact) mass is 260 g/mol. The Morgan fingerprint density at radius 1 is 1.32 bits per heavy atom. The number of aromatic amines is 1. The first kappa shape index (κ1) is 13.3. The number of rotatable bonds is 5. The summed E-state index contributed by atoms with van der Waals surface area (Å²) in [5.41, 5.74) is 0.586. The number of ether oxygens (including phenoxy) is 1. The van der Waals surface area contributed by atoms with Gasteiger partial charge in [0.05, 0.1) is 18.0 Å². The summed E-state index contributed by atoms with van der Waals surface area (Å²) in [7, 11) is 1.38. The number of unbranched alkanes of at least 4 members (excludes halogenated alkanes) is 1. The molecule has 0 unspecified atom stereocenters. The van der Waals surface area contributed by atoms with Crippen molar-refractivity contribution in [2.24, 2.45) is 0 Å². The van der Waals surface area contributed by atoms with Crippen molar-refractivity contribution in [3.63, 3.8) is 0 Å². The third-order valence-corrected chi connectivity index (χ3v) is 2.93. The molecule has 0 aliphatic heterocycles. The first-order chi connectivity index (χ1) is 9.20. The fourth-order valence-corrected chi connectivity index (χ4v) is 1.92. The lowest BCUT2D eigenvalue weighted by Gasteiger charge is -2.03. The number of nitrogens with zero attached hydrogens (tertiary/aromatic N) is 1. The van der Waals surface area contributed by atoms with Gasteiger partial charge in [0.1, 0.15) is 5.82 Å². The van der Waals surface area contributed by atoms with E-state index in [-0.39, 0.29) is 11.5 Å². The lowest BCUT2D eigenvalue weighted by Crippen LogP contribution is -2.12. The highest BCUT2D eigenvalue weighted by Crippen LogP contribution is 2.08. The van der Waals surface area contributed by atoms with Crippen molar-refractivity contribution in [1.29, 1.82) is 0 Å². The standard InChI is InChI=1S/C14H16N2O3/c1-19-13(17)9-5-4-8-12-15-11-7-3-2-6-10(11)14(18)16-12/h2-3,6-7H,4-5,8-9H2,1H3,(H,15,16,18). The van der Waals surface area contributed by atoms with Crippen molar-refractivity contribution >= 4 is 16.9 Å². The molecule has 5 heteroatoms. The summed E-state index contributed by atoms with van der Waals surface area (Å²) >= 11 is 0. The maximum absolute atomic E-state index is 11.8. The van der Waals surface area contributed by atoms with Crippen LogP contribution >= 0.6 is 0 Å². The maximum atomic E-state index is 11.8. The van der Waals surface area contributed by atoms with E-state index in [1.165, 1.54) is 7.11 Å². The Morgan fingerprint density at radius 3 is 2.89 bits per heavy atom. The summed E-state index contributed by atoms with van der Waals surface area (Å²) in [6.07, 6.45) is 2.56. The third kappa shape index (κ3) is 3.40. The summed E-state index contributed by atoms with van der Waals surface area (Å²) in [6, 6.07) is 7.25. The Labute approximate surface area is 110 Å². The smallest absolute Gasteiger partial charge is 0.305 e. The van der Waals surface area contributed by atoms with Gasteiger partial charge in [0.15, 0.2) is 0 Å². The molecule has 0 atom stereocenters. The summed E-state index contributed by atoms with van der Waals surface area (Å²) in [5, 5.41) is 0.598. The number of para-hydroxylation sites is 1. The molecular weight excluding hydrogens is 244 g/mol. The minimum Gasteiger partial charge on any atom is -0.469 e. The van der Waals surface area contributed by atoms with Crippen LogP contribution in [0.4, 0.5) is 0 Å². The highest BCUT2D eigenvalue weighted by molar-refractivity contribution is 5.77. The van der Waals surface area contributed by atoms with E-state index >= 15 is 0 Å². The molecule has 1 N–H and O–H groups in total. The van der Waals surface area contributed by atoms with Crippen molar-refractivity contribution in [2.75, 3.05) is 7.11 Å². The number of fused-ring (bicyclic) bond motifs is 1. The minimum atomic E-state index is -0.208. The molecule has 1 heterocycles. The van der Waals surface area contributed by atoms with Crippen LogP contribution in [0.1, 0.15) is 25.1 Å². The molecule has 0 saturated carbocycles. The molecule has 2 rings (SSSR count). The van der Waals surface area contributed by atoms with Crippen molar-refractivity contribution in [3.8, 4) is 0 Å². The van der Waals surface area contributed by atoms with Crippen molar-refractivity contribution in [1.82, 2.24) is 9.97 Å². The quantitative estimate of drug-likeness (QED) is 0.657. The molecule has 0 fully saturated rings. The second-order valence-corrected chi connectivity index (χ2v) is 4.31. The number of esters is 1. The molecule has 19 heavy (non-hydrogen) atoms. The van der Waals surface area contributed by atoms with E-state index < -0.39 is 0 Å². The molecule has 0 bridgehead atoms. The molecule has 0 radical (unpaired) electrons. The van der Waals surface area contributed by atoms with Crippen molar-refractivity contribution in [3.05, 3.63) is 40.4 Å². The fourth-order valence-electron chi connectivity index (χ4n) is 1.92. The average Bonchev–Trinajstić information content (AvgIpc) is 2.43. The number of carbonyl (C=O) groups is 1. The lowest BCUT2D eigenvalue weighted by molar-refractivity contribution is -0.140. The van der Waals surface area contributed by atoms with Gasteiger partial charge in [0.2, 0.25) is 0 Å². The number of H-pyrrole nitrogens is 1. The Hall–Kier alpha value is -2.17. The van der Waals surface area contributed by atoms with Gasteiger partial charge in [-0.05, 0) is 25.0 Å². The van der Waals surface area contributed by atoms with E-state index in [1.54, 1.807) is 6.07 Å². The summed E-state index contributed by atoms with van der Waals surface area (Å²) in [6.45, 7) is 0. The molecule has 0 spiro atoms. The molecule has 1 aromatic carbocycles. The van der Waals surface area contributed by atoms with Gasteiger partial charge in [-0.1, -0.05) is 12.1 Å². The van der Waals surface area contributed by atoms with Crippen LogP contribution < -0.4 is 5.56 Å². The first-order valence-electron chi connectivity index (χ1n) is 6.25. The van der Waals surface area contributed by atoms with Crippen LogP contribution in [0.25, 0.3) is 10.9 Å². The van der Waals surface area contributed by atoms with Crippen LogP contribution in [0.5, 0.6) is 0 Å². The Morgan fingerprint density at radius 2 is 2.11 bits per heavy atom. The number of carbonyl (C=O) groups excluding carboxylic acids is 1. The predicted octanol–water partition coefficient (Wildman–Crippen LogP) is 1.81. The normalized spacial score (nSPS) is 10.6. The molecule has 1 aromatic heterocycles. The van der Waals surface area contributed by atoms with E-state index in [0.717, 1.165) is 12.8 Å². The van der Waals surface area contributed by atoms with Gasteiger partial charge in [-0.2, -0.15) is 0 Å². The molecule has 0 aliphatic rings. The van der Waals surface area contributed by atoms with Gasteiger partial charge in [-0.15, -0.1) is 0 Å². The highest BCUT2D eigenvalue weighted by atomic mass is 16.5. The molecule has 5 nitrogen and oxygen atoms in total. The largest absolute Gasteiger partial charge is 0.469 e. The lowest BCUT2D eigenvalue weighted by atomic mass is 10.2. The van der Waals surface area contributed by atoms with Gasteiger partial charge < -0.3 is 9.72 Å². The van der Waals surface area contributed by atoms with Crippen LogP contribution in [-0.2, 0) is 16.0 Å². The van der Waals surface area contributed by atoms with Crippen LogP contribution in [0.3, 0.4) is 0 Å². The molecule has 2 aromatic rings. The van der Waals surface area contributed by atoms with E-state index in [9.17, 15) is 9.59 Å². The first-order valence-corrected chi connectivity index (χ1v) is 6.25.